The lowest BCUT2D eigenvalue weighted by molar-refractivity contribution is -0.126. The van der Waals surface area contributed by atoms with Crippen molar-refractivity contribution in [1.29, 1.82) is 0 Å². The number of anilines is 1. The number of ether oxygens (including phenoxy) is 1. The largest absolute Gasteiger partial charge is 0.389 e. The van der Waals surface area contributed by atoms with Gasteiger partial charge in [-0.15, -0.1) is 0 Å². The second-order valence-electron chi connectivity index (χ2n) is 4.27. The summed E-state index contributed by atoms with van der Waals surface area (Å²) in [4.78, 5) is 12.2. The van der Waals surface area contributed by atoms with Crippen LogP contribution in [0.1, 0.15) is 32.3 Å². The molecule has 0 aliphatic carbocycles. The number of hydrogen-bond acceptors (Lipinski definition) is 3. The molecule has 0 spiro atoms. The lowest BCUT2D eigenvalue weighted by Gasteiger charge is -2.15. The number of carbonyl (C=O) groups excluding carboxylic acids is 1. The molecule has 1 atom stereocenters. The molecule has 0 aromatic heterocycles. The molecule has 1 aromatic rings. The van der Waals surface area contributed by atoms with Crippen LogP contribution in [0.15, 0.2) is 24.3 Å². The Balaban J connectivity index is 2.64. The highest BCUT2D eigenvalue weighted by atomic mass is 32.1. The van der Waals surface area contributed by atoms with Crippen LogP contribution in [0.4, 0.5) is 5.69 Å². The molecule has 4 nitrogen and oxygen atoms in total. The van der Waals surface area contributed by atoms with Crippen LogP contribution in [0.25, 0.3) is 0 Å². The van der Waals surface area contributed by atoms with Gasteiger partial charge in [-0.25, -0.2) is 0 Å². The van der Waals surface area contributed by atoms with E-state index in [2.05, 4.69) is 12.2 Å². The molecule has 0 aliphatic rings. The van der Waals surface area contributed by atoms with E-state index < -0.39 is 6.10 Å². The average Bonchev–Trinajstić information content (AvgIpc) is 2.39. The van der Waals surface area contributed by atoms with E-state index in [1.165, 1.54) is 0 Å². The molecule has 1 unspecified atom stereocenters. The number of nitrogens with one attached hydrogen (secondary N) is 1. The van der Waals surface area contributed by atoms with Crippen LogP contribution in [0.3, 0.4) is 0 Å². The first-order valence-electron chi connectivity index (χ1n) is 6.37. The summed E-state index contributed by atoms with van der Waals surface area (Å²) in [5.41, 5.74) is 6.89. The van der Waals surface area contributed by atoms with Gasteiger partial charge >= 0.3 is 0 Å². The van der Waals surface area contributed by atoms with Crippen molar-refractivity contribution in [3.8, 4) is 0 Å². The van der Waals surface area contributed by atoms with E-state index in [-0.39, 0.29) is 10.9 Å². The van der Waals surface area contributed by atoms with Crippen molar-refractivity contribution >= 4 is 28.8 Å². The predicted molar refractivity (Wildman–Crippen MR) is 81.3 cm³/mol. The highest BCUT2D eigenvalue weighted by Crippen LogP contribution is 2.15. The average molecular weight is 280 g/mol. The minimum atomic E-state index is -0.494. The van der Waals surface area contributed by atoms with E-state index in [1.807, 2.05) is 12.1 Å². The minimum absolute atomic E-state index is 0.195. The quantitative estimate of drug-likeness (QED) is 0.595. The lowest BCUT2D eigenvalue weighted by atomic mass is 10.1. The Morgan fingerprint density at radius 1 is 1.47 bits per heavy atom. The van der Waals surface area contributed by atoms with Crippen LogP contribution >= 0.6 is 12.2 Å². The van der Waals surface area contributed by atoms with Crippen LogP contribution in [0.2, 0.25) is 0 Å². The Kier molecular flexibility index (Phi) is 6.45. The van der Waals surface area contributed by atoms with Gasteiger partial charge in [0, 0.05) is 12.2 Å². The zero-order valence-electron chi connectivity index (χ0n) is 11.3. The molecule has 0 fully saturated rings. The number of rotatable bonds is 7. The van der Waals surface area contributed by atoms with Crippen molar-refractivity contribution in [2.24, 2.45) is 5.73 Å². The molecule has 1 aromatic carbocycles. The van der Waals surface area contributed by atoms with Crippen molar-refractivity contribution in [3.63, 3.8) is 0 Å². The Morgan fingerprint density at radius 2 is 2.16 bits per heavy atom. The van der Waals surface area contributed by atoms with Gasteiger partial charge in [0.05, 0.1) is 5.69 Å². The molecule has 0 saturated carbocycles. The van der Waals surface area contributed by atoms with E-state index in [1.54, 1.807) is 19.1 Å². The number of benzene rings is 1. The van der Waals surface area contributed by atoms with Crippen LogP contribution in [0.5, 0.6) is 0 Å². The van der Waals surface area contributed by atoms with Gasteiger partial charge < -0.3 is 15.8 Å². The Morgan fingerprint density at radius 3 is 2.79 bits per heavy atom. The van der Waals surface area contributed by atoms with Gasteiger partial charge in [-0.05, 0) is 25.5 Å². The number of nitrogens with two attached hydrogens (primary N) is 1. The molecule has 19 heavy (non-hydrogen) atoms. The third-order valence-corrected chi connectivity index (χ3v) is 2.91. The molecule has 0 bridgehead atoms. The van der Waals surface area contributed by atoms with E-state index in [0.717, 1.165) is 12.8 Å². The third kappa shape index (κ3) is 4.96. The minimum Gasteiger partial charge on any atom is -0.389 e. The maximum absolute atomic E-state index is 12.0. The van der Waals surface area contributed by atoms with Crippen molar-refractivity contribution in [2.75, 3.05) is 11.9 Å². The second kappa shape index (κ2) is 7.86. The lowest BCUT2D eigenvalue weighted by Crippen LogP contribution is -2.29. The number of thiocarbonyl (C=S) groups is 1. The monoisotopic (exact) mass is 280 g/mol. The summed E-state index contributed by atoms with van der Waals surface area (Å²) >= 11 is 4.95. The summed E-state index contributed by atoms with van der Waals surface area (Å²) < 4.78 is 5.44. The van der Waals surface area contributed by atoms with E-state index >= 15 is 0 Å². The summed E-state index contributed by atoms with van der Waals surface area (Å²) in [6, 6.07) is 7.19. The summed E-state index contributed by atoms with van der Waals surface area (Å²) in [7, 11) is 0. The van der Waals surface area contributed by atoms with Gasteiger partial charge in [-0.3, -0.25) is 4.79 Å². The first-order chi connectivity index (χ1) is 9.06. The fourth-order valence-electron chi connectivity index (χ4n) is 1.52. The molecular formula is C14H20N2O2S. The maximum Gasteiger partial charge on any atom is 0.253 e. The van der Waals surface area contributed by atoms with Crippen LogP contribution < -0.4 is 11.1 Å². The number of hydrogen-bond donors (Lipinski definition) is 2. The predicted octanol–water partition coefficient (Wildman–Crippen LogP) is 2.46. The molecule has 0 heterocycles. The van der Waals surface area contributed by atoms with Crippen LogP contribution in [-0.2, 0) is 9.53 Å². The number of amides is 1. The zero-order chi connectivity index (χ0) is 14.3. The molecular weight excluding hydrogens is 260 g/mol. The molecule has 1 rings (SSSR count). The van der Waals surface area contributed by atoms with Crippen molar-refractivity contribution in [3.05, 3.63) is 29.8 Å². The number of unbranched alkanes of at least 4 members (excludes halogenated alkanes) is 1. The van der Waals surface area contributed by atoms with Crippen LogP contribution in [-0.4, -0.2) is 23.6 Å². The summed E-state index contributed by atoms with van der Waals surface area (Å²) in [6.07, 6.45) is 1.49. The standard InChI is InChI=1S/C14H20N2O2S/c1-3-4-9-18-10(2)14(17)16-12-8-6-5-7-11(12)13(15)19/h5-8,10H,3-4,9H2,1-2H3,(H2,15,19)(H,16,17). The van der Waals surface area contributed by atoms with Gasteiger partial charge in [0.1, 0.15) is 11.1 Å². The topological polar surface area (TPSA) is 64.3 Å². The van der Waals surface area contributed by atoms with Gasteiger partial charge in [0.2, 0.25) is 0 Å². The summed E-state index contributed by atoms with van der Waals surface area (Å²) in [6.45, 7) is 4.39. The Bertz CT molecular complexity index is 449. The SMILES string of the molecule is CCCCOC(C)C(=O)Nc1ccccc1C(N)=S. The Labute approximate surface area is 119 Å². The van der Waals surface area contributed by atoms with Gasteiger partial charge in [0.15, 0.2) is 0 Å². The van der Waals surface area contributed by atoms with E-state index in [4.69, 9.17) is 22.7 Å². The van der Waals surface area contributed by atoms with Crippen molar-refractivity contribution in [1.82, 2.24) is 0 Å². The molecule has 104 valence electrons. The van der Waals surface area contributed by atoms with Crippen molar-refractivity contribution < 1.29 is 9.53 Å². The smallest absolute Gasteiger partial charge is 0.253 e. The van der Waals surface area contributed by atoms with Gasteiger partial charge in [-0.2, -0.15) is 0 Å². The van der Waals surface area contributed by atoms with Gasteiger partial charge in [0.25, 0.3) is 5.91 Å². The third-order valence-electron chi connectivity index (χ3n) is 2.69. The van der Waals surface area contributed by atoms with Gasteiger partial charge in [-0.1, -0.05) is 37.7 Å². The normalized spacial score (nSPS) is 11.9. The number of para-hydroxylation sites is 1. The van der Waals surface area contributed by atoms with Crippen molar-refractivity contribution in [2.45, 2.75) is 32.8 Å². The fourth-order valence-corrected chi connectivity index (χ4v) is 1.70. The summed E-state index contributed by atoms with van der Waals surface area (Å²) in [5, 5.41) is 2.79. The molecule has 5 heteroatoms. The highest BCUT2D eigenvalue weighted by molar-refractivity contribution is 7.80. The second-order valence-corrected chi connectivity index (χ2v) is 4.71. The first kappa shape index (κ1) is 15.6. The van der Waals surface area contributed by atoms with E-state index in [9.17, 15) is 4.79 Å². The molecule has 0 aliphatic heterocycles. The number of carbonyl (C=O) groups is 1. The molecule has 0 radical (unpaired) electrons. The van der Waals surface area contributed by atoms with Crippen LogP contribution in [0, 0.1) is 0 Å². The molecule has 0 saturated heterocycles. The Hall–Kier alpha value is -1.46. The summed E-state index contributed by atoms with van der Waals surface area (Å²) in [5.74, 6) is -0.195. The first-order valence-corrected chi connectivity index (χ1v) is 6.78. The zero-order valence-corrected chi connectivity index (χ0v) is 12.1. The highest BCUT2D eigenvalue weighted by Gasteiger charge is 2.15. The molecule has 1 amide bonds. The van der Waals surface area contributed by atoms with E-state index in [0.29, 0.717) is 17.9 Å². The molecule has 3 N–H and O–H groups in total. The maximum atomic E-state index is 12.0. The fraction of sp³-hybridized carbons (Fsp3) is 0.429.